The van der Waals surface area contributed by atoms with E-state index in [4.69, 9.17) is 21.2 Å². The van der Waals surface area contributed by atoms with Crippen LogP contribution in [0.25, 0.3) is 0 Å². The molecule has 0 unspecified atom stereocenters. The SMILES string of the molecule is CCOC(=O)c1c(N2C(=O)[C@@H]3[C@H](ON(c4ccc(Cl)cc4)[C@@H]3c3ccc([N+](=O)[O-])cc3)C2=O)sc(C)c1C. The molecule has 1 aromatic heterocycles. The number of benzene rings is 2. The lowest BCUT2D eigenvalue weighted by molar-refractivity contribution is -0.384. The van der Waals surface area contributed by atoms with Crippen molar-refractivity contribution in [2.24, 2.45) is 5.92 Å². The number of carbonyl (C=O) groups is 3. The molecule has 0 spiro atoms. The Hall–Kier alpha value is -3.80. The number of hydroxylamine groups is 1. The Morgan fingerprint density at radius 2 is 1.76 bits per heavy atom. The summed E-state index contributed by atoms with van der Waals surface area (Å²) in [5.74, 6) is -2.73. The third-order valence-electron chi connectivity index (χ3n) is 6.69. The van der Waals surface area contributed by atoms with Gasteiger partial charge in [0.15, 0.2) is 6.10 Å². The maximum Gasteiger partial charge on any atom is 0.341 e. The number of nitrogens with zero attached hydrogens (tertiary/aromatic N) is 3. The molecule has 0 N–H and O–H groups in total. The Morgan fingerprint density at radius 1 is 1.11 bits per heavy atom. The lowest BCUT2D eigenvalue weighted by Gasteiger charge is -2.28. The molecule has 3 aromatic rings. The fourth-order valence-electron chi connectivity index (χ4n) is 4.77. The molecule has 0 radical (unpaired) electrons. The number of imide groups is 1. The molecule has 3 atom stereocenters. The number of hydrogen-bond donors (Lipinski definition) is 0. The minimum atomic E-state index is -1.17. The van der Waals surface area contributed by atoms with Crippen LogP contribution < -0.4 is 9.96 Å². The van der Waals surface area contributed by atoms with Crippen molar-refractivity contribution in [1.82, 2.24) is 0 Å². The van der Waals surface area contributed by atoms with Gasteiger partial charge in [0.1, 0.15) is 10.9 Å². The van der Waals surface area contributed by atoms with E-state index in [0.29, 0.717) is 21.8 Å². The Kier molecular flexibility index (Phi) is 6.68. The number of aryl methyl sites for hydroxylation is 1. The van der Waals surface area contributed by atoms with Crippen LogP contribution in [0, 0.1) is 29.9 Å². The first kappa shape index (κ1) is 25.8. The van der Waals surface area contributed by atoms with Crippen LogP contribution in [0.3, 0.4) is 0 Å². The van der Waals surface area contributed by atoms with E-state index in [1.165, 1.54) is 17.2 Å². The van der Waals surface area contributed by atoms with Crippen LogP contribution in [0.4, 0.5) is 16.4 Å². The van der Waals surface area contributed by atoms with Gasteiger partial charge < -0.3 is 4.74 Å². The number of nitro benzene ring substituents is 1. The first-order valence-corrected chi connectivity index (χ1v) is 12.9. The molecule has 3 heterocycles. The predicted octanol–water partition coefficient (Wildman–Crippen LogP) is 5.15. The maximum absolute atomic E-state index is 14.0. The number of rotatable bonds is 6. The van der Waals surface area contributed by atoms with Crippen LogP contribution in [-0.2, 0) is 19.2 Å². The van der Waals surface area contributed by atoms with E-state index in [0.717, 1.165) is 21.1 Å². The highest BCUT2D eigenvalue weighted by atomic mass is 35.5. The minimum absolute atomic E-state index is 0.110. The van der Waals surface area contributed by atoms with Gasteiger partial charge in [-0.3, -0.25) is 24.5 Å². The zero-order valence-electron chi connectivity index (χ0n) is 20.5. The van der Waals surface area contributed by atoms with Gasteiger partial charge in [-0.25, -0.2) is 14.8 Å². The number of amides is 2. The van der Waals surface area contributed by atoms with Gasteiger partial charge in [-0.2, -0.15) is 0 Å². The van der Waals surface area contributed by atoms with Crippen molar-refractivity contribution < 1.29 is 28.9 Å². The molecular weight excluding hydrogens is 534 g/mol. The summed E-state index contributed by atoms with van der Waals surface area (Å²) in [6.07, 6.45) is -1.17. The Morgan fingerprint density at radius 3 is 2.37 bits per heavy atom. The van der Waals surface area contributed by atoms with Gasteiger partial charge >= 0.3 is 5.97 Å². The molecule has 0 aliphatic carbocycles. The van der Waals surface area contributed by atoms with E-state index >= 15 is 0 Å². The van der Waals surface area contributed by atoms with Crippen LogP contribution >= 0.6 is 22.9 Å². The normalized spacial score (nSPS) is 20.7. The van der Waals surface area contributed by atoms with Gasteiger partial charge in [0.2, 0.25) is 5.91 Å². The number of anilines is 2. The van der Waals surface area contributed by atoms with Crippen molar-refractivity contribution in [3.63, 3.8) is 0 Å². The van der Waals surface area contributed by atoms with Crippen LogP contribution in [0.2, 0.25) is 5.02 Å². The van der Waals surface area contributed by atoms with E-state index in [-0.39, 0.29) is 22.9 Å². The quantitative estimate of drug-likeness (QED) is 0.177. The standard InChI is InChI=1S/C26H22ClN3O7S/c1-4-36-26(33)19-13(2)14(3)38-25(19)28-23(31)20-21(15-5-9-18(10-6-15)30(34)35)29(37-22(20)24(28)32)17-11-7-16(27)8-12-17/h5-12,20-22H,4H2,1-3H3/t20-,21+,22-/m0/s1. The average Bonchev–Trinajstić information content (AvgIpc) is 3.50. The number of non-ortho nitro benzene ring substituents is 1. The number of fused-ring (bicyclic) bond motifs is 1. The molecule has 2 aliphatic rings. The third-order valence-corrected chi connectivity index (χ3v) is 8.14. The fourth-order valence-corrected chi connectivity index (χ4v) is 6.05. The molecule has 0 saturated carbocycles. The average molecular weight is 556 g/mol. The van der Waals surface area contributed by atoms with E-state index in [2.05, 4.69) is 0 Å². The summed E-state index contributed by atoms with van der Waals surface area (Å²) in [6, 6.07) is 11.7. The number of nitro groups is 1. The van der Waals surface area contributed by atoms with E-state index < -0.39 is 40.8 Å². The largest absolute Gasteiger partial charge is 0.462 e. The molecule has 196 valence electrons. The molecule has 0 bridgehead atoms. The van der Waals surface area contributed by atoms with Gasteiger partial charge in [0.05, 0.1) is 28.8 Å². The molecule has 5 rings (SSSR count). The van der Waals surface area contributed by atoms with Crippen molar-refractivity contribution >= 4 is 57.1 Å². The zero-order valence-corrected chi connectivity index (χ0v) is 22.1. The third kappa shape index (κ3) is 4.12. The van der Waals surface area contributed by atoms with Crippen molar-refractivity contribution in [2.75, 3.05) is 16.6 Å². The molecule has 10 nitrogen and oxygen atoms in total. The van der Waals surface area contributed by atoms with E-state index in [1.807, 2.05) is 0 Å². The van der Waals surface area contributed by atoms with Gasteiger partial charge in [-0.1, -0.05) is 23.7 Å². The summed E-state index contributed by atoms with van der Waals surface area (Å²) in [5.41, 5.74) is 1.80. The van der Waals surface area contributed by atoms with E-state index in [9.17, 15) is 24.5 Å². The number of ether oxygens (including phenoxy) is 1. The second-order valence-corrected chi connectivity index (χ2v) is 10.5. The summed E-state index contributed by atoms with van der Waals surface area (Å²) in [6.45, 7) is 5.36. The molecule has 38 heavy (non-hydrogen) atoms. The first-order valence-electron chi connectivity index (χ1n) is 11.7. The lowest BCUT2D eigenvalue weighted by atomic mass is 9.90. The summed E-state index contributed by atoms with van der Waals surface area (Å²) >= 11 is 7.21. The summed E-state index contributed by atoms with van der Waals surface area (Å²) in [5, 5.41) is 13.4. The van der Waals surface area contributed by atoms with Crippen LogP contribution in [0.5, 0.6) is 0 Å². The van der Waals surface area contributed by atoms with Crippen LogP contribution in [-0.4, -0.2) is 35.4 Å². The van der Waals surface area contributed by atoms with Crippen molar-refractivity contribution in [3.8, 4) is 0 Å². The number of esters is 1. The second kappa shape index (κ2) is 9.82. The smallest absolute Gasteiger partial charge is 0.341 e. The van der Waals surface area contributed by atoms with E-state index in [1.54, 1.807) is 57.2 Å². The Bertz CT molecular complexity index is 1450. The summed E-state index contributed by atoms with van der Waals surface area (Å²) < 4.78 is 5.21. The number of carbonyl (C=O) groups excluding carboxylic acids is 3. The predicted molar refractivity (Wildman–Crippen MR) is 140 cm³/mol. The zero-order chi connectivity index (χ0) is 27.3. The van der Waals surface area contributed by atoms with Crippen LogP contribution in [0.1, 0.15) is 39.3 Å². The summed E-state index contributed by atoms with van der Waals surface area (Å²) in [4.78, 5) is 59.0. The molecule has 2 saturated heterocycles. The van der Waals surface area contributed by atoms with Gasteiger partial charge in [-0.15, -0.1) is 11.3 Å². The highest BCUT2D eigenvalue weighted by Gasteiger charge is 2.61. The first-order chi connectivity index (χ1) is 18.1. The van der Waals surface area contributed by atoms with Crippen molar-refractivity contribution in [1.29, 1.82) is 0 Å². The molecular formula is C26H22ClN3O7S. The van der Waals surface area contributed by atoms with Gasteiger partial charge in [-0.05, 0) is 56.2 Å². The second-order valence-electron chi connectivity index (χ2n) is 8.84. The Balaban J connectivity index is 1.59. The number of thiophene rings is 1. The van der Waals surface area contributed by atoms with Crippen molar-refractivity contribution in [2.45, 2.75) is 32.9 Å². The van der Waals surface area contributed by atoms with Crippen molar-refractivity contribution in [3.05, 3.63) is 85.2 Å². The highest BCUT2D eigenvalue weighted by Crippen LogP contribution is 2.49. The molecule has 12 heteroatoms. The highest BCUT2D eigenvalue weighted by molar-refractivity contribution is 7.17. The summed E-state index contributed by atoms with van der Waals surface area (Å²) in [7, 11) is 0. The van der Waals surface area contributed by atoms with Crippen LogP contribution in [0.15, 0.2) is 48.5 Å². The number of halogens is 1. The fraction of sp³-hybridized carbons (Fsp3) is 0.269. The maximum atomic E-state index is 14.0. The number of hydrogen-bond acceptors (Lipinski definition) is 9. The Labute approximate surface area is 226 Å². The topological polar surface area (TPSA) is 119 Å². The molecule has 2 fully saturated rings. The monoisotopic (exact) mass is 555 g/mol. The molecule has 2 aliphatic heterocycles. The van der Waals surface area contributed by atoms with Gasteiger partial charge in [0, 0.05) is 22.0 Å². The molecule has 2 amide bonds. The molecule has 2 aromatic carbocycles. The lowest BCUT2D eigenvalue weighted by Crippen LogP contribution is -2.37. The minimum Gasteiger partial charge on any atom is -0.462 e. The van der Waals surface area contributed by atoms with Gasteiger partial charge in [0.25, 0.3) is 11.6 Å².